The molecule has 9 aromatic carbocycles. The largest absolute Gasteiger partial charge is 0.310 e. The molecule has 0 saturated heterocycles. The lowest BCUT2D eigenvalue weighted by Crippen LogP contribution is -2.55. The molecular formula is C64H50N2. The number of hydrogen-bond acceptors (Lipinski definition) is 1. The van der Waals surface area contributed by atoms with Crippen LogP contribution in [0.5, 0.6) is 0 Å². The first-order chi connectivity index (χ1) is 32.7. The lowest BCUT2D eigenvalue weighted by Gasteiger charge is -2.61. The number of nitrogens with zero attached hydrogens (tertiary/aromatic N) is 2. The highest BCUT2D eigenvalue weighted by Crippen LogP contribution is 2.70. The molecule has 316 valence electrons. The Morgan fingerprint density at radius 2 is 0.864 bits per heavy atom. The topological polar surface area (TPSA) is 8.17 Å². The maximum atomic E-state index is 2.50. The van der Waals surface area contributed by atoms with Crippen molar-refractivity contribution < 1.29 is 0 Å². The second-order valence-corrected chi connectivity index (χ2v) is 19.7. The van der Waals surface area contributed by atoms with Gasteiger partial charge in [-0.25, -0.2) is 0 Å². The van der Waals surface area contributed by atoms with Gasteiger partial charge in [0.05, 0.1) is 11.0 Å². The van der Waals surface area contributed by atoms with Gasteiger partial charge in [0.2, 0.25) is 0 Å². The molecule has 4 fully saturated rings. The van der Waals surface area contributed by atoms with Crippen LogP contribution in [0.25, 0.3) is 72.0 Å². The van der Waals surface area contributed by atoms with E-state index >= 15 is 0 Å². The van der Waals surface area contributed by atoms with E-state index in [0.29, 0.717) is 0 Å². The third-order valence-electron chi connectivity index (χ3n) is 16.4. The molecule has 5 aliphatic carbocycles. The molecule has 2 heteroatoms. The van der Waals surface area contributed by atoms with Gasteiger partial charge in [0.25, 0.3) is 0 Å². The number of benzene rings is 9. The molecule has 5 aliphatic rings. The van der Waals surface area contributed by atoms with Gasteiger partial charge in [0.1, 0.15) is 0 Å². The van der Waals surface area contributed by atoms with Crippen molar-refractivity contribution in [3.05, 3.63) is 230 Å². The van der Waals surface area contributed by atoms with Gasteiger partial charge >= 0.3 is 0 Å². The van der Waals surface area contributed by atoms with Crippen LogP contribution in [0.4, 0.5) is 17.1 Å². The highest BCUT2D eigenvalue weighted by Gasteiger charge is 2.62. The predicted octanol–water partition coefficient (Wildman–Crippen LogP) is 17.0. The first-order valence-electron chi connectivity index (χ1n) is 24.2. The summed E-state index contributed by atoms with van der Waals surface area (Å²) in [6.07, 6.45) is 7.06. The number of fused-ring (bicyclic) bond motifs is 6. The molecule has 0 atom stereocenters. The van der Waals surface area contributed by atoms with Gasteiger partial charge in [0.15, 0.2) is 0 Å². The first-order valence-corrected chi connectivity index (χ1v) is 24.2. The van der Waals surface area contributed by atoms with Gasteiger partial charge < -0.3 is 9.47 Å². The summed E-state index contributed by atoms with van der Waals surface area (Å²) in [5.74, 6) is 3.34. The van der Waals surface area contributed by atoms with Crippen molar-refractivity contribution in [2.24, 2.45) is 23.7 Å². The lowest BCUT2D eigenvalue weighted by molar-refractivity contribution is -0.0397. The summed E-state index contributed by atoms with van der Waals surface area (Å²) < 4.78 is 2.39. The van der Waals surface area contributed by atoms with Gasteiger partial charge in [-0.15, -0.1) is 0 Å². The Labute approximate surface area is 387 Å². The van der Waals surface area contributed by atoms with Gasteiger partial charge in [-0.1, -0.05) is 158 Å². The van der Waals surface area contributed by atoms with Gasteiger partial charge in [-0.2, -0.15) is 0 Å². The van der Waals surface area contributed by atoms with E-state index in [1.165, 1.54) is 104 Å². The van der Waals surface area contributed by atoms with E-state index in [4.69, 9.17) is 0 Å². The van der Waals surface area contributed by atoms with Crippen LogP contribution in [-0.2, 0) is 5.41 Å². The minimum Gasteiger partial charge on any atom is -0.310 e. The second-order valence-electron chi connectivity index (χ2n) is 19.7. The Kier molecular flexibility index (Phi) is 8.50. The van der Waals surface area contributed by atoms with E-state index in [1.54, 1.807) is 11.1 Å². The van der Waals surface area contributed by atoms with E-state index < -0.39 is 0 Å². The van der Waals surface area contributed by atoms with Crippen molar-refractivity contribution in [2.45, 2.75) is 37.5 Å². The van der Waals surface area contributed by atoms with Crippen molar-refractivity contribution in [1.82, 2.24) is 4.57 Å². The van der Waals surface area contributed by atoms with Crippen molar-refractivity contribution in [2.75, 3.05) is 4.90 Å². The normalized spacial score (nSPS) is 21.1. The average Bonchev–Trinajstić information content (AvgIpc) is 3.87. The molecule has 0 N–H and O–H groups in total. The van der Waals surface area contributed by atoms with Crippen molar-refractivity contribution >= 4 is 38.9 Å². The zero-order valence-electron chi connectivity index (χ0n) is 37.0. The summed E-state index contributed by atoms with van der Waals surface area (Å²) in [6, 6.07) is 81.5. The van der Waals surface area contributed by atoms with Crippen LogP contribution in [-0.4, -0.2) is 4.57 Å². The van der Waals surface area contributed by atoms with Crippen LogP contribution in [0.3, 0.4) is 0 Å². The number of anilines is 3. The average molecular weight is 847 g/mol. The molecule has 4 bridgehead atoms. The molecule has 15 rings (SSSR count). The predicted molar refractivity (Wildman–Crippen MR) is 275 cm³/mol. The minimum atomic E-state index is 0.141. The van der Waals surface area contributed by atoms with Gasteiger partial charge in [-0.3, -0.25) is 0 Å². The summed E-state index contributed by atoms with van der Waals surface area (Å²) in [7, 11) is 0. The monoisotopic (exact) mass is 846 g/mol. The summed E-state index contributed by atoms with van der Waals surface area (Å²) in [5.41, 5.74) is 20.9. The second kappa shape index (κ2) is 14.8. The Bertz CT molecular complexity index is 3420. The number of hydrogen-bond donors (Lipinski definition) is 0. The Hall–Kier alpha value is -7.42. The van der Waals surface area contributed by atoms with E-state index in [-0.39, 0.29) is 5.41 Å². The molecule has 1 heterocycles. The minimum absolute atomic E-state index is 0.141. The SMILES string of the molecule is c1ccc(-c2ccc(N(c3ccc(-c4ccc(-c5cccc6c5C5(c7ccccc7-6)C6CC7CC(C6)CC5C7)cc4)cc3)c3ccc4c(c3)c3ccccc3n4-c3ccccc3)cc2)cc1. The molecule has 1 spiro atoms. The van der Waals surface area contributed by atoms with Gasteiger partial charge in [0, 0.05) is 38.9 Å². The van der Waals surface area contributed by atoms with Crippen LogP contribution in [0.15, 0.2) is 218 Å². The van der Waals surface area contributed by atoms with E-state index in [0.717, 1.165) is 40.7 Å². The van der Waals surface area contributed by atoms with Crippen LogP contribution in [0.2, 0.25) is 0 Å². The Morgan fingerprint density at radius 1 is 0.364 bits per heavy atom. The highest BCUT2D eigenvalue weighted by molar-refractivity contribution is 6.10. The standard InChI is InChI=1S/C64H50N2/c1-3-12-44(13-4-1)46-26-30-52(31-27-46)65(54-34-35-62-59(41-54)57-17-8-10-21-61(57)66(62)51-14-5-2-6-15-51)53-32-28-47(29-33-53)45-22-24-48(25-23-45)55-18-11-19-58-56-16-7-9-20-60(56)64(63(55)58)49-37-42-36-43(39-49)40-50(64)38-42/h1-35,41-43,49-50H,36-40H2. The van der Waals surface area contributed by atoms with E-state index in [9.17, 15) is 0 Å². The summed E-state index contributed by atoms with van der Waals surface area (Å²) in [6.45, 7) is 0. The summed E-state index contributed by atoms with van der Waals surface area (Å²) in [5, 5.41) is 2.48. The maximum Gasteiger partial charge on any atom is 0.0542 e. The van der Waals surface area contributed by atoms with Crippen LogP contribution >= 0.6 is 0 Å². The Morgan fingerprint density at radius 3 is 1.55 bits per heavy atom. The Balaban J connectivity index is 0.839. The fraction of sp³-hybridized carbons (Fsp3) is 0.156. The first kappa shape index (κ1) is 37.9. The molecule has 2 nitrogen and oxygen atoms in total. The van der Waals surface area contributed by atoms with E-state index in [2.05, 4.69) is 228 Å². The molecule has 1 aromatic heterocycles. The van der Waals surface area contributed by atoms with Crippen LogP contribution < -0.4 is 4.90 Å². The zero-order chi connectivity index (χ0) is 43.3. The molecule has 66 heavy (non-hydrogen) atoms. The fourth-order valence-electron chi connectivity index (χ4n) is 13.9. The summed E-state index contributed by atoms with van der Waals surface area (Å²) in [4.78, 5) is 2.41. The molecule has 4 saturated carbocycles. The molecule has 10 aromatic rings. The molecular weight excluding hydrogens is 797 g/mol. The zero-order valence-corrected chi connectivity index (χ0v) is 37.0. The molecule has 0 radical (unpaired) electrons. The van der Waals surface area contributed by atoms with Crippen LogP contribution in [0, 0.1) is 23.7 Å². The third-order valence-corrected chi connectivity index (χ3v) is 16.4. The molecule has 0 aliphatic heterocycles. The quantitative estimate of drug-likeness (QED) is 0.155. The van der Waals surface area contributed by atoms with Crippen molar-refractivity contribution in [3.63, 3.8) is 0 Å². The van der Waals surface area contributed by atoms with E-state index in [1.807, 2.05) is 0 Å². The summed E-state index contributed by atoms with van der Waals surface area (Å²) >= 11 is 0. The van der Waals surface area contributed by atoms with Gasteiger partial charge in [-0.05, 0) is 172 Å². The molecule has 0 unspecified atom stereocenters. The maximum absolute atomic E-state index is 2.50. The third kappa shape index (κ3) is 5.67. The number of aromatic nitrogens is 1. The van der Waals surface area contributed by atoms with Crippen molar-refractivity contribution in [1.29, 1.82) is 0 Å². The lowest BCUT2D eigenvalue weighted by atomic mass is 9.42. The molecule has 0 amide bonds. The number of rotatable bonds is 7. The van der Waals surface area contributed by atoms with Crippen LogP contribution in [0.1, 0.15) is 43.2 Å². The smallest absolute Gasteiger partial charge is 0.0542 e. The highest BCUT2D eigenvalue weighted by atomic mass is 15.1. The fourth-order valence-corrected chi connectivity index (χ4v) is 13.9. The number of para-hydroxylation sites is 2. The van der Waals surface area contributed by atoms with Crippen molar-refractivity contribution in [3.8, 4) is 50.2 Å².